The van der Waals surface area contributed by atoms with Crippen LogP contribution in [-0.4, -0.2) is 31.0 Å². The molecule has 0 radical (unpaired) electrons. The van der Waals surface area contributed by atoms with Gasteiger partial charge < -0.3 is 20.1 Å². The van der Waals surface area contributed by atoms with Crippen LogP contribution in [0.1, 0.15) is 30.9 Å². The van der Waals surface area contributed by atoms with Gasteiger partial charge >= 0.3 is 5.97 Å². The highest BCUT2D eigenvalue weighted by Crippen LogP contribution is 2.23. The minimum Gasteiger partial charge on any atom is -0.492 e. The van der Waals surface area contributed by atoms with Crippen LogP contribution in [-0.2, 0) is 19.1 Å². The fourth-order valence-corrected chi connectivity index (χ4v) is 2.55. The smallest absolute Gasteiger partial charge is 0.306 e. The molecule has 0 atom stereocenters. The molecule has 2 amide bonds. The Morgan fingerprint density at radius 2 is 1.62 bits per heavy atom. The van der Waals surface area contributed by atoms with E-state index < -0.39 is 18.5 Å². The van der Waals surface area contributed by atoms with Crippen LogP contribution in [0.3, 0.4) is 0 Å². The Morgan fingerprint density at radius 1 is 0.897 bits per heavy atom. The Balaban J connectivity index is 1.74. The largest absolute Gasteiger partial charge is 0.492 e. The van der Waals surface area contributed by atoms with Crippen LogP contribution in [0.25, 0.3) is 0 Å². The van der Waals surface area contributed by atoms with E-state index in [0.29, 0.717) is 18.0 Å². The molecular weight excluding hydrogens is 372 g/mol. The Morgan fingerprint density at radius 3 is 2.38 bits per heavy atom. The number of carbonyl (C=O) groups is 3. The maximum Gasteiger partial charge on any atom is 0.306 e. The molecule has 7 nitrogen and oxygen atoms in total. The standard InChI is InChI=1S/C22H26N2O5/c1-4-28-19-8-6-5-7-17(19)23-21(26)14-29-22(27)12-11-20(25)24-18-13-15(2)9-10-16(18)3/h5-10,13H,4,11-12,14H2,1-3H3,(H,23,26)(H,24,25). The van der Waals surface area contributed by atoms with Crippen LogP contribution in [0.5, 0.6) is 5.75 Å². The number of rotatable bonds is 9. The Labute approximate surface area is 170 Å². The van der Waals surface area contributed by atoms with E-state index in [-0.39, 0.29) is 18.7 Å². The summed E-state index contributed by atoms with van der Waals surface area (Å²) < 4.78 is 10.4. The first-order valence-corrected chi connectivity index (χ1v) is 9.43. The third-order valence-electron chi connectivity index (χ3n) is 4.05. The maximum atomic E-state index is 12.0. The van der Waals surface area contributed by atoms with Gasteiger partial charge in [-0.1, -0.05) is 24.3 Å². The third-order valence-corrected chi connectivity index (χ3v) is 4.05. The predicted molar refractivity (Wildman–Crippen MR) is 111 cm³/mol. The average Bonchev–Trinajstić information content (AvgIpc) is 2.69. The molecule has 0 heterocycles. The first-order chi connectivity index (χ1) is 13.9. The second kappa shape index (κ2) is 10.8. The number of hydrogen-bond donors (Lipinski definition) is 2. The molecule has 2 rings (SSSR count). The highest BCUT2D eigenvalue weighted by Gasteiger charge is 2.13. The molecule has 154 valence electrons. The summed E-state index contributed by atoms with van der Waals surface area (Å²) in [5.74, 6) is -0.844. The molecule has 2 aromatic carbocycles. The Hall–Kier alpha value is -3.35. The summed E-state index contributed by atoms with van der Waals surface area (Å²) in [4.78, 5) is 35.9. The van der Waals surface area contributed by atoms with Crippen molar-refractivity contribution in [1.29, 1.82) is 0 Å². The molecule has 0 saturated carbocycles. The highest BCUT2D eigenvalue weighted by molar-refractivity contribution is 5.95. The number of esters is 1. The molecule has 29 heavy (non-hydrogen) atoms. The topological polar surface area (TPSA) is 93.7 Å². The van der Waals surface area contributed by atoms with Gasteiger partial charge in [0.05, 0.1) is 18.7 Å². The van der Waals surface area contributed by atoms with Crippen molar-refractivity contribution in [3.05, 3.63) is 53.6 Å². The van der Waals surface area contributed by atoms with Gasteiger partial charge in [0.25, 0.3) is 5.91 Å². The Bertz CT molecular complexity index is 879. The van der Waals surface area contributed by atoms with Crippen molar-refractivity contribution >= 4 is 29.2 Å². The van der Waals surface area contributed by atoms with Crippen molar-refractivity contribution in [1.82, 2.24) is 0 Å². The number of benzene rings is 2. The summed E-state index contributed by atoms with van der Waals surface area (Å²) in [6, 6.07) is 12.7. The second-order valence-corrected chi connectivity index (χ2v) is 6.50. The highest BCUT2D eigenvalue weighted by atomic mass is 16.5. The lowest BCUT2D eigenvalue weighted by Gasteiger charge is -2.11. The number of ether oxygens (including phenoxy) is 2. The molecule has 0 aliphatic rings. The minimum atomic E-state index is -0.616. The van der Waals surface area contributed by atoms with Crippen LogP contribution in [0.15, 0.2) is 42.5 Å². The quantitative estimate of drug-likeness (QED) is 0.630. The molecule has 0 aromatic heterocycles. The summed E-state index contributed by atoms with van der Waals surface area (Å²) in [6.07, 6.45) is -0.138. The monoisotopic (exact) mass is 398 g/mol. The molecule has 0 fully saturated rings. The fraction of sp³-hybridized carbons (Fsp3) is 0.318. The zero-order valence-electron chi connectivity index (χ0n) is 16.9. The SMILES string of the molecule is CCOc1ccccc1NC(=O)COC(=O)CCC(=O)Nc1cc(C)ccc1C. The molecule has 0 aliphatic carbocycles. The summed E-state index contributed by atoms with van der Waals surface area (Å²) in [7, 11) is 0. The summed E-state index contributed by atoms with van der Waals surface area (Å²) >= 11 is 0. The molecule has 2 N–H and O–H groups in total. The van der Waals surface area contributed by atoms with Gasteiger partial charge in [0.15, 0.2) is 6.61 Å². The van der Waals surface area contributed by atoms with Crippen LogP contribution < -0.4 is 15.4 Å². The fourth-order valence-electron chi connectivity index (χ4n) is 2.55. The lowest BCUT2D eigenvalue weighted by Crippen LogP contribution is -2.22. The van der Waals surface area contributed by atoms with Crippen molar-refractivity contribution in [3.8, 4) is 5.75 Å². The van der Waals surface area contributed by atoms with E-state index in [2.05, 4.69) is 10.6 Å². The van der Waals surface area contributed by atoms with Gasteiger partial charge in [-0.15, -0.1) is 0 Å². The first-order valence-electron chi connectivity index (χ1n) is 9.43. The zero-order valence-corrected chi connectivity index (χ0v) is 16.9. The van der Waals surface area contributed by atoms with Gasteiger partial charge in [0.2, 0.25) is 5.91 Å². The second-order valence-electron chi connectivity index (χ2n) is 6.50. The van der Waals surface area contributed by atoms with Crippen molar-refractivity contribution in [2.75, 3.05) is 23.8 Å². The molecular formula is C22H26N2O5. The van der Waals surface area contributed by atoms with Gasteiger partial charge in [-0.05, 0) is 50.1 Å². The number of nitrogens with one attached hydrogen (secondary N) is 2. The predicted octanol–water partition coefficient (Wildman–Crippen LogP) is 3.60. The number of amides is 2. The van der Waals surface area contributed by atoms with Gasteiger partial charge in [-0.3, -0.25) is 14.4 Å². The maximum absolute atomic E-state index is 12.0. The van der Waals surface area contributed by atoms with Crippen molar-refractivity contribution in [3.63, 3.8) is 0 Å². The number of para-hydroxylation sites is 2. The number of aryl methyl sites for hydroxylation is 2. The summed E-state index contributed by atoms with van der Waals surface area (Å²) in [5.41, 5.74) is 3.19. The van der Waals surface area contributed by atoms with Crippen molar-refractivity contribution in [2.45, 2.75) is 33.6 Å². The van der Waals surface area contributed by atoms with E-state index in [9.17, 15) is 14.4 Å². The normalized spacial score (nSPS) is 10.2. The lowest BCUT2D eigenvalue weighted by atomic mass is 10.1. The summed E-state index contributed by atoms with van der Waals surface area (Å²) in [5, 5.41) is 5.42. The van der Waals surface area contributed by atoms with Crippen LogP contribution in [0.2, 0.25) is 0 Å². The number of anilines is 2. The number of hydrogen-bond acceptors (Lipinski definition) is 5. The Kier molecular flexibility index (Phi) is 8.21. The van der Waals surface area contributed by atoms with Crippen LogP contribution >= 0.6 is 0 Å². The van der Waals surface area contributed by atoms with E-state index in [1.54, 1.807) is 24.3 Å². The first kappa shape index (κ1) is 21.9. The van der Waals surface area contributed by atoms with Gasteiger partial charge in [0.1, 0.15) is 5.75 Å². The molecule has 0 spiro atoms. The van der Waals surface area contributed by atoms with E-state index in [1.807, 2.05) is 39.0 Å². The van der Waals surface area contributed by atoms with E-state index in [0.717, 1.165) is 16.8 Å². The third kappa shape index (κ3) is 7.29. The zero-order chi connectivity index (χ0) is 21.2. The molecule has 0 unspecified atom stereocenters. The molecule has 2 aromatic rings. The molecule has 0 bridgehead atoms. The van der Waals surface area contributed by atoms with Gasteiger partial charge in [-0.25, -0.2) is 0 Å². The van der Waals surface area contributed by atoms with E-state index in [1.165, 1.54) is 0 Å². The van der Waals surface area contributed by atoms with Gasteiger partial charge in [-0.2, -0.15) is 0 Å². The van der Waals surface area contributed by atoms with Crippen LogP contribution in [0, 0.1) is 13.8 Å². The number of carbonyl (C=O) groups excluding carboxylic acids is 3. The lowest BCUT2D eigenvalue weighted by molar-refractivity contribution is -0.147. The molecule has 7 heteroatoms. The van der Waals surface area contributed by atoms with Crippen molar-refractivity contribution in [2.24, 2.45) is 0 Å². The van der Waals surface area contributed by atoms with E-state index in [4.69, 9.17) is 9.47 Å². The van der Waals surface area contributed by atoms with Crippen molar-refractivity contribution < 1.29 is 23.9 Å². The average molecular weight is 398 g/mol. The molecule has 0 saturated heterocycles. The summed E-state index contributed by atoms with van der Waals surface area (Å²) in [6.45, 7) is 5.70. The minimum absolute atomic E-state index is 0.0268. The van der Waals surface area contributed by atoms with Gasteiger partial charge in [0, 0.05) is 12.1 Å². The molecule has 0 aliphatic heterocycles. The van der Waals surface area contributed by atoms with E-state index >= 15 is 0 Å². The van der Waals surface area contributed by atoms with Crippen LogP contribution in [0.4, 0.5) is 11.4 Å².